The molecule has 196 valence electrons. The maximum absolute atomic E-state index is 12.6. The zero-order valence-electron chi connectivity index (χ0n) is 22.1. The maximum atomic E-state index is 12.6. The molecule has 0 fully saturated rings. The Labute approximate surface area is 209 Å². The summed E-state index contributed by atoms with van der Waals surface area (Å²) in [6, 6.07) is 6.95. The number of Topliss-reactive ketones (excluding diaryl/α,β-unsaturated/α-hetero) is 1. The van der Waals surface area contributed by atoms with Gasteiger partial charge in [0, 0.05) is 19.4 Å². The minimum atomic E-state index is -0.799. The van der Waals surface area contributed by atoms with Crippen LogP contribution in [0.4, 0.5) is 0 Å². The van der Waals surface area contributed by atoms with Crippen LogP contribution in [-0.2, 0) is 30.3 Å². The third-order valence-corrected chi connectivity index (χ3v) is 5.14. The molecule has 8 nitrogen and oxygen atoms in total. The average Bonchev–Trinajstić information content (AvgIpc) is 2.77. The molecular formula is C27H42N2O6. The Kier molecular flexibility index (Phi) is 13.1. The number of aryl methyl sites for hydroxylation is 1. The number of rotatable bonds is 15. The number of unbranched alkanes of at least 4 members (excludes halogenated alkanes) is 1. The second kappa shape index (κ2) is 15.2. The van der Waals surface area contributed by atoms with E-state index in [1.807, 2.05) is 38.1 Å². The minimum Gasteiger partial charge on any atom is -0.497 e. The van der Waals surface area contributed by atoms with Gasteiger partial charge in [-0.2, -0.15) is 0 Å². The SMILES string of the molecule is COc1ccc(CCCCC(=O)C(=O)N[C@@H](CC(C)C)C(=O)NCCCC(=O)OC(C)(C)C)cc1. The van der Waals surface area contributed by atoms with Gasteiger partial charge in [-0.15, -0.1) is 0 Å². The number of hydrogen-bond acceptors (Lipinski definition) is 6. The highest BCUT2D eigenvalue weighted by atomic mass is 16.6. The third-order valence-electron chi connectivity index (χ3n) is 5.14. The maximum Gasteiger partial charge on any atom is 0.306 e. The molecule has 8 heteroatoms. The van der Waals surface area contributed by atoms with Crippen LogP contribution in [0, 0.1) is 5.92 Å². The molecule has 0 bridgehead atoms. The Morgan fingerprint density at radius 3 is 2.17 bits per heavy atom. The molecule has 0 unspecified atom stereocenters. The zero-order valence-corrected chi connectivity index (χ0v) is 22.1. The number of hydrogen-bond donors (Lipinski definition) is 2. The Hall–Kier alpha value is -2.90. The van der Waals surface area contributed by atoms with Gasteiger partial charge in [0.25, 0.3) is 5.91 Å². The van der Waals surface area contributed by atoms with Crippen LogP contribution in [0.15, 0.2) is 24.3 Å². The van der Waals surface area contributed by atoms with E-state index < -0.39 is 23.3 Å². The fourth-order valence-corrected chi connectivity index (χ4v) is 3.42. The molecule has 1 aromatic rings. The quantitative estimate of drug-likeness (QED) is 0.220. The number of benzene rings is 1. The number of nitrogens with one attached hydrogen (secondary N) is 2. The Morgan fingerprint density at radius 2 is 1.60 bits per heavy atom. The summed E-state index contributed by atoms with van der Waals surface area (Å²) in [6.45, 7) is 9.56. The first-order valence-corrected chi connectivity index (χ1v) is 12.4. The molecule has 0 heterocycles. The molecule has 1 rings (SSSR count). The Morgan fingerprint density at radius 1 is 0.943 bits per heavy atom. The van der Waals surface area contributed by atoms with Crippen LogP contribution in [0.25, 0.3) is 0 Å². The van der Waals surface area contributed by atoms with E-state index >= 15 is 0 Å². The largest absolute Gasteiger partial charge is 0.497 e. The van der Waals surface area contributed by atoms with Gasteiger partial charge < -0.3 is 20.1 Å². The van der Waals surface area contributed by atoms with Crippen LogP contribution in [0.5, 0.6) is 5.75 Å². The molecule has 35 heavy (non-hydrogen) atoms. The third kappa shape index (κ3) is 13.5. The number of esters is 1. The molecule has 0 radical (unpaired) electrons. The van der Waals surface area contributed by atoms with E-state index in [9.17, 15) is 19.2 Å². The zero-order chi connectivity index (χ0) is 26.4. The number of ether oxygens (including phenoxy) is 2. The van der Waals surface area contributed by atoms with E-state index in [1.165, 1.54) is 0 Å². The van der Waals surface area contributed by atoms with Gasteiger partial charge in [-0.1, -0.05) is 26.0 Å². The summed E-state index contributed by atoms with van der Waals surface area (Å²) in [5.74, 6) is -0.994. The van der Waals surface area contributed by atoms with Crippen molar-refractivity contribution in [3.63, 3.8) is 0 Å². The summed E-state index contributed by atoms with van der Waals surface area (Å²) < 4.78 is 10.4. The molecule has 0 saturated carbocycles. The number of methoxy groups -OCH3 is 1. The van der Waals surface area contributed by atoms with Gasteiger partial charge >= 0.3 is 5.97 Å². The molecule has 0 saturated heterocycles. The monoisotopic (exact) mass is 490 g/mol. The molecule has 0 aliphatic rings. The second-order valence-electron chi connectivity index (χ2n) is 10.1. The topological polar surface area (TPSA) is 111 Å². The summed E-state index contributed by atoms with van der Waals surface area (Å²) in [4.78, 5) is 49.1. The van der Waals surface area contributed by atoms with Crippen molar-refractivity contribution in [1.29, 1.82) is 0 Å². The summed E-state index contributed by atoms with van der Waals surface area (Å²) >= 11 is 0. The van der Waals surface area contributed by atoms with Crippen molar-refractivity contribution < 1.29 is 28.7 Å². The molecular weight excluding hydrogens is 448 g/mol. The van der Waals surface area contributed by atoms with Gasteiger partial charge in [0.2, 0.25) is 11.7 Å². The number of ketones is 1. The van der Waals surface area contributed by atoms with E-state index in [-0.39, 0.29) is 37.2 Å². The lowest BCUT2D eigenvalue weighted by molar-refractivity contribution is -0.155. The molecule has 0 aliphatic heterocycles. The first kappa shape index (κ1) is 30.1. The van der Waals surface area contributed by atoms with Crippen LogP contribution >= 0.6 is 0 Å². The molecule has 0 aromatic heterocycles. The smallest absolute Gasteiger partial charge is 0.306 e. The van der Waals surface area contributed by atoms with E-state index in [0.717, 1.165) is 24.2 Å². The van der Waals surface area contributed by atoms with E-state index in [0.29, 0.717) is 19.3 Å². The first-order valence-electron chi connectivity index (χ1n) is 12.4. The fraction of sp³-hybridized carbons (Fsp3) is 0.630. The van der Waals surface area contributed by atoms with Crippen molar-refractivity contribution in [2.45, 2.75) is 91.2 Å². The van der Waals surface area contributed by atoms with Crippen LogP contribution in [0.1, 0.15) is 78.7 Å². The summed E-state index contributed by atoms with van der Waals surface area (Å²) in [6.07, 6.45) is 3.33. The molecule has 2 N–H and O–H groups in total. The normalized spacial score (nSPS) is 12.1. The summed E-state index contributed by atoms with van der Waals surface area (Å²) in [5, 5.41) is 5.34. The predicted octanol–water partition coefficient (Wildman–Crippen LogP) is 3.75. The van der Waals surface area contributed by atoms with Crippen molar-refractivity contribution in [2.24, 2.45) is 5.92 Å². The minimum absolute atomic E-state index is 0.133. The van der Waals surface area contributed by atoms with Crippen LogP contribution < -0.4 is 15.4 Å². The highest BCUT2D eigenvalue weighted by Crippen LogP contribution is 2.14. The molecule has 1 atom stereocenters. The number of carbonyl (C=O) groups excluding carboxylic acids is 4. The van der Waals surface area contributed by atoms with Gasteiger partial charge in [-0.05, 0) is 76.5 Å². The van der Waals surface area contributed by atoms with Crippen LogP contribution in [0.2, 0.25) is 0 Å². The predicted molar refractivity (Wildman–Crippen MR) is 135 cm³/mol. The van der Waals surface area contributed by atoms with E-state index in [1.54, 1.807) is 27.9 Å². The fourth-order valence-electron chi connectivity index (χ4n) is 3.42. The first-order chi connectivity index (χ1) is 16.4. The molecule has 0 aliphatic carbocycles. The van der Waals surface area contributed by atoms with Gasteiger partial charge in [-0.3, -0.25) is 19.2 Å². The van der Waals surface area contributed by atoms with Crippen molar-refractivity contribution in [3.8, 4) is 5.75 Å². The van der Waals surface area contributed by atoms with Crippen molar-refractivity contribution >= 4 is 23.6 Å². The van der Waals surface area contributed by atoms with E-state index in [4.69, 9.17) is 9.47 Å². The lowest BCUT2D eigenvalue weighted by atomic mass is 10.0. The van der Waals surface area contributed by atoms with Crippen LogP contribution in [-0.4, -0.2) is 48.9 Å². The molecule has 2 amide bonds. The highest BCUT2D eigenvalue weighted by Gasteiger charge is 2.24. The van der Waals surface area contributed by atoms with Gasteiger partial charge in [-0.25, -0.2) is 0 Å². The van der Waals surface area contributed by atoms with Crippen LogP contribution in [0.3, 0.4) is 0 Å². The molecule has 1 aromatic carbocycles. The van der Waals surface area contributed by atoms with Crippen molar-refractivity contribution in [1.82, 2.24) is 10.6 Å². The number of amides is 2. The Balaban J connectivity index is 2.42. The van der Waals surface area contributed by atoms with E-state index in [2.05, 4.69) is 10.6 Å². The van der Waals surface area contributed by atoms with Gasteiger partial charge in [0.15, 0.2) is 0 Å². The lowest BCUT2D eigenvalue weighted by Gasteiger charge is -2.20. The van der Waals surface area contributed by atoms with Crippen molar-refractivity contribution in [3.05, 3.63) is 29.8 Å². The lowest BCUT2D eigenvalue weighted by Crippen LogP contribution is -2.49. The van der Waals surface area contributed by atoms with Gasteiger partial charge in [0.05, 0.1) is 7.11 Å². The van der Waals surface area contributed by atoms with Crippen molar-refractivity contribution in [2.75, 3.05) is 13.7 Å². The molecule has 0 spiro atoms. The van der Waals surface area contributed by atoms with Gasteiger partial charge in [0.1, 0.15) is 17.4 Å². The standard InChI is InChI=1S/C27H42N2O6/c1-19(2)18-22(25(32)28-17-9-12-24(31)35-27(3,4)5)29-26(33)23(30)11-8-7-10-20-13-15-21(34-6)16-14-20/h13-16,19,22H,7-12,17-18H2,1-6H3,(H,28,32)(H,29,33)/t22-/m0/s1. The summed E-state index contributed by atoms with van der Waals surface area (Å²) in [5.41, 5.74) is 0.595. The summed E-state index contributed by atoms with van der Waals surface area (Å²) in [7, 11) is 1.62. The Bertz CT molecular complexity index is 827. The number of carbonyl (C=O) groups is 4. The average molecular weight is 491 g/mol. The second-order valence-corrected chi connectivity index (χ2v) is 10.1. The highest BCUT2D eigenvalue weighted by molar-refractivity contribution is 6.36.